The zero-order valence-corrected chi connectivity index (χ0v) is 11.8. The highest BCUT2D eigenvalue weighted by Gasteiger charge is 2.09. The Bertz CT molecular complexity index is 359. The minimum atomic E-state index is -0.516. The van der Waals surface area contributed by atoms with Crippen molar-refractivity contribution in [1.82, 2.24) is 0 Å². The van der Waals surface area contributed by atoms with Gasteiger partial charge in [-0.15, -0.1) is 0 Å². The number of aryl methyl sites for hydroxylation is 1. The van der Waals surface area contributed by atoms with Gasteiger partial charge >= 0.3 is 0 Å². The molecule has 0 saturated carbocycles. The van der Waals surface area contributed by atoms with Crippen molar-refractivity contribution in [1.29, 1.82) is 0 Å². The molecular formula is C15H24O3. The molecule has 102 valence electrons. The minimum Gasteiger partial charge on any atom is -0.491 e. The van der Waals surface area contributed by atoms with E-state index in [-0.39, 0.29) is 0 Å². The molecule has 3 heteroatoms. The number of ether oxygens (including phenoxy) is 2. The van der Waals surface area contributed by atoms with Gasteiger partial charge in [-0.1, -0.05) is 26.0 Å². The number of aliphatic hydroxyl groups excluding tert-OH is 1. The van der Waals surface area contributed by atoms with Crippen LogP contribution in [0.3, 0.4) is 0 Å². The van der Waals surface area contributed by atoms with Gasteiger partial charge in [-0.05, 0) is 31.4 Å². The monoisotopic (exact) mass is 252 g/mol. The summed E-state index contributed by atoms with van der Waals surface area (Å²) < 4.78 is 11.1. The van der Waals surface area contributed by atoms with Gasteiger partial charge in [-0.3, -0.25) is 0 Å². The summed E-state index contributed by atoms with van der Waals surface area (Å²) in [5.41, 5.74) is 1.95. The Morgan fingerprint density at radius 1 is 1.17 bits per heavy atom. The first-order chi connectivity index (χ1) is 8.50. The zero-order chi connectivity index (χ0) is 13.5. The fourth-order valence-electron chi connectivity index (χ4n) is 1.64. The van der Waals surface area contributed by atoms with Gasteiger partial charge in [0.1, 0.15) is 12.4 Å². The third-order valence-corrected chi connectivity index (χ3v) is 2.56. The van der Waals surface area contributed by atoms with Gasteiger partial charge < -0.3 is 14.6 Å². The van der Waals surface area contributed by atoms with Crippen molar-refractivity contribution in [2.45, 2.75) is 33.8 Å². The number of benzene rings is 1. The summed E-state index contributed by atoms with van der Waals surface area (Å²) in [5.74, 6) is 1.29. The molecule has 0 aliphatic rings. The van der Waals surface area contributed by atoms with Crippen molar-refractivity contribution in [3.05, 3.63) is 29.3 Å². The summed E-state index contributed by atoms with van der Waals surface area (Å²) in [6.07, 6.45) is -0.516. The first kappa shape index (κ1) is 15.0. The highest BCUT2D eigenvalue weighted by Crippen LogP contribution is 2.26. The first-order valence-electron chi connectivity index (χ1n) is 6.50. The highest BCUT2D eigenvalue weighted by atomic mass is 16.5. The van der Waals surface area contributed by atoms with Crippen molar-refractivity contribution in [2.24, 2.45) is 5.92 Å². The number of hydrogen-bond acceptors (Lipinski definition) is 3. The molecule has 0 spiro atoms. The van der Waals surface area contributed by atoms with Crippen LogP contribution in [0.1, 0.15) is 38.0 Å². The summed E-state index contributed by atoms with van der Waals surface area (Å²) >= 11 is 0. The third kappa shape index (κ3) is 5.07. The Balaban J connectivity index is 2.48. The second-order valence-corrected chi connectivity index (χ2v) is 5.03. The van der Waals surface area contributed by atoms with Gasteiger partial charge in [-0.2, -0.15) is 0 Å². The molecule has 1 N–H and O–H groups in total. The van der Waals surface area contributed by atoms with E-state index in [0.29, 0.717) is 19.1 Å². The Morgan fingerprint density at radius 3 is 2.50 bits per heavy atom. The third-order valence-electron chi connectivity index (χ3n) is 2.56. The molecule has 1 atom stereocenters. The normalized spacial score (nSPS) is 12.8. The van der Waals surface area contributed by atoms with Crippen LogP contribution in [0.15, 0.2) is 18.2 Å². The lowest BCUT2D eigenvalue weighted by molar-refractivity contribution is 0.0805. The van der Waals surface area contributed by atoms with E-state index in [9.17, 15) is 5.11 Å². The molecular weight excluding hydrogens is 228 g/mol. The average Bonchev–Trinajstić information content (AvgIpc) is 2.27. The topological polar surface area (TPSA) is 38.7 Å². The van der Waals surface area contributed by atoms with Crippen LogP contribution in [-0.2, 0) is 4.74 Å². The zero-order valence-electron chi connectivity index (χ0n) is 11.8. The van der Waals surface area contributed by atoms with Crippen molar-refractivity contribution in [2.75, 3.05) is 19.8 Å². The summed E-state index contributed by atoms with van der Waals surface area (Å²) in [5, 5.41) is 9.66. The second-order valence-electron chi connectivity index (χ2n) is 5.03. The molecule has 0 heterocycles. The maximum atomic E-state index is 9.66. The molecule has 0 bridgehead atoms. The predicted octanol–water partition coefficient (Wildman–Crippen LogP) is 3.10. The SMILES string of the molecule is Cc1ccc([C@@H](C)O)c(OCCOCC(C)C)c1. The van der Waals surface area contributed by atoms with Gasteiger partial charge in [0.25, 0.3) is 0 Å². The quantitative estimate of drug-likeness (QED) is 0.758. The van der Waals surface area contributed by atoms with E-state index in [0.717, 1.165) is 23.5 Å². The average molecular weight is 252 g/mol. The molecule has 0 fully saturated rings. The van der Waals surface area contributed by atoms with E-state index in [1.807, 2.05) is 25.1 Å². The lowest BCUT2D eigenvalue weighted by Gasteiger charge is -2.14. The van der Waals surface area contributed by atoms with Crippen LogP contribution >= 0.6 is 0 Å². The highest BCUT2D eigenvalue weighted by molar-refractivity contribution is 5.38. The second kappa shape index (κ2) is 7.39. The van der Waals surface area contributed by atoms with Gasteiger partial charge in [0.05, 0.1) is 12.7 Å². The van der Waals surface area contributed by atoms with Crippen LogP contribution in [0, 0.1) is 12.8 Å². The Kier molecular flexibility index (Phi) is 6.16. The predicted molar refractivity (Wildman–Crippen MR) is 73.0 cm³/mol. The fourth-order valence-corrected chi connectivity index (χ4v) is 1.64. The van der Waals surface area contributed by atoms with Gasteiger partial charge in [0.15, 0.2) is 0 Å². The maximum Gasteiger partial charge on any atom is 0.125 e. The fraction of sp³-hybridized carbons (Fsp3) is 0.600. The Hall–Kier alpha value is -1.06. The molecule has 3 nitrogen and oxygen atoms in total. The van der Waals surface area contributed by atoms with E-state index < -0.39 is 6.10 Å². The number of hydrogen-bond donors (Lipinski definition) is 1. The van der Waals surface area contributed by atoms with Crippen LogP contribution in [0.5, 0.6) is 5.75 Å². The molecule has 18 heavy (non-hydrogen) atoms. The van der Waals surface area contributed by atoms with Crippen molar-refractivity contribution >= 4 is 0 Å². The van der Waals surface area contributed by atoms with Crippen LogP contribution in [-0.4, -0.2) is 24.9 Å². The summed E-state index contributed by atoms with van der Waals surface area (Å²) in [6.45, 7) is 9.82. The van der Waals surface area contributed by atoms with Crippen molar-refractivity contribution in [3.63, 3.8) is 0 Å². The van der Waals surface area contributed by atoms with Crippen LogP contribution < -0.4 is 4.74 Å². The molecule has 0 aliphatic heterocycles. The minimum absolute atomic E-state index is 0.510. The molecule has 0 unspecified atom stereocenters. The smallest absolute Gasteiger partial charge is 0.125 e. The van der Waals surface area contributed by atoms with E-state index >= 15 is 0 Å². The van der Waals surface area contributed by atoms with E-state index in [4.69, 9.17) is 9.47 Å². The maximum absolute atomic E-state index is 9.66. The number of rotatable bonds is 7. The van der Waals surface area contributed by atoms with E-state index in [2.05, 4.69) is 13.8 Å². The van der Waals surface area contributed by atoms with E-state index in [1.165, 1.54) is 0 Å². The van der Waals surface area contributed by atoms with Gasteiger partial charge in [0, 0.05) is 12.2 Å². The molecule has 1 aromatic carbocycles. The summed E-state index contributed by atoms with van der Waals surface area (Å²) in [7, 11) is 0. The van der Waals surface area contributed by atoms with Crippen LogP contribution in [0.25, 0.3) is 0 Å². The standard InChI is InChI=1S/C15H24O3/c1-11(2)10-17-7-8-18-15-9-12(3)5-6-14(15)13(4)16/h5-6,9,11,13,16H,7-8,10H2,1-4H3/t13-/m1/s1. The molecule has 1 rings (SSSR count). The van der Waals surface area contributed by atoms with Crippen LogP contribution in [0.4, 0.5) is 0 Å². The summed E-state index contributed by atoms with van der Waals surface area (Å²) in [6, 6.07) is 5.83. The Morgan fingerprint density at radius 2 is 1.89 bits per heavy atom. The lowest BCUT2D eigenvalue weighted by Crippen LogP contribution is -2.11. The van der Waals surface area contributed by atoms with Gasteiger partial charge in [-0.25, -0.2) is 0 Å². The Labute approximate surface area is 110 Å². The molecule has 0 saturated heterocycles. The van der Waals surface area contributed by atoms with Crippen molar-refractivity contribution < 1.29 is 14.6 Å². The molecule has 0 radical (unpaired) electrons. The lowest BCUT2D eigenvalue weighted by atomic mass is 10.1. The number of aliphatic hydroxyl groups is 1. The van der Waals surface area contributed by atoms with E-state index in [1.54, 1.807) is 6.92 Å². The first-order valence-corrected chi connectivity index (χ1v) is 6.50. The summed E-state index contributed by atoms with van der Waals surface area (Å²) in [4.78, 5) is 0. The van der Waals surface area contributed by atoms with Crippen molar-refractivity contribution in [3.8, 4) is 5.75 Å². The molecule has 0 aromatic heterocycles. The van der Waals surface area contributed by atoms with Crippen LogP contribution in [0.2, 0.25) is 0 Å². The molecule has 0 aliphatic carbocycles. The molecule has 1 aromatic rings. The van der Waals surface area contributed by atoms with Gasteiger partial charge in [0.2, 0.25) is 0 Å². The largest absolute Gasteiger partial charge is 0.491 e. The molecule has 0 amide bonds.